The molecule has 2 N–H and O–H groups in total. The van der Waals surface area contributed by atoms with Gasteiger partial charge in [0.25, 0.3) is 0 Å². The Hall–Kier alpha value is -0.0800. The number of rotatable bonds is 9. The molecule has 2 rings (SSSR count). The summed E-state index contributed by atoms with van der Waals surface area (Å²) in [6.07, 6.45) is 6.39. The summed E-state index contributed by atoms with van der Waals surface area (Å²) in [6, 6.07) is 0.662. The third-order valence-corrected chi connectivity index (χ3v) is 4.44. The number of guanidine groups is 1. The van der Waals surface area contributed by atoms with Crippen LogP contribution in [-0.4, -0.2) is 63.3 Å². The van der Waals surface area contributed by atoms with Gasteiger partial charge in [0.15, 0.2) is 5.96 Å². The molecule has 0 amide bonds. The molecule has 130 valence electrons. The standard InChI is InChI=1S/C16H32N4O.HI/c1-3-20-10-4-6-15(20)12-19-16(17-2)18-9-5-11-21-13-14-7-8-14;/h14-15H,3-13H2,1-2H3,(H2,17,18,19);1H. The molecule has 2 aliphatic rings. The van der Waals surface area contributed by atoms with E-state index in [0.717, 1.165) is 51.1 Å². The van der Waals surface area contributed by atoms with Crippen LogP contribution in [0, 0.1) is 5.92 Å². The van der Waals surface area contributed by atoms with Crippen LogP contribution in [-0.2, 0) is 4.74 Å². The number of halogens is 1. The van der Waals surface area contributed by atoms with Crippen molar-refractivity contribution < 1.29 is 4.74 Å². The molecule has 0 aromatic heterocycles. The zero-order chi connectivity index (χ0) is 14.9. The van der Waals surface area contributed by atoms with Gasteiger partial charge in [-0.15, -0.1) is 24.0 Å². The Labute approximate surface area is 152 Å². The van der Waals surface area contributed by atoms with Gasteiger partial charge in [-0.25, -0.2) is 0 Å². The Morgan fingerprint density at radius 2 is 2.09 bits per heavy atom. The van der Waals surface area contributed by atoms with Crippen molar-refractivity contribution in [2.24, 2.45) is 10.9 Å². The number of nitrogens with zero attached hydrogens (tertiary/aromatic N) is 2. The number of likely N-dealkylation sites (tertiary alicyclic amines) is 1. The molecule has 0 spiro atoms. The SMILES string of the molecule is CCN1CCCC1CNC(=NC)NCCCOCC1CC1.I. The first kappa shape index (κ1) is 20.0. The van der Waals surface area contributed by atoms with Crippen molar-refractivity contribution in [1.82, 2.24) is 15.5 Å². The lowest BCUT2D eigenvalue weighted by atomic mass is 10.2. The lowest BCUT2D eigenvalue weighted by Gasteiger charge is -2.23. The minimum absolute atomic E-state index is 0. The van der Waals surface area contributed by atoms with Gasteiger partial charge in [-0.3, -0.25) is 9.89 Å². The van der Waals surface area contributed by atoms with Crippen molar-refractivity contribution in [3.8, 4) is 0 Å². The Morgan fingerprint density at radius 1 is 1.27 bits per heavy atom. The van der Waals surface area contributed by atoms with Crippen LogP contribution in [0.4, 0.5) is 0 Å². The molecule has 22 heavy (non-hydrogen) atoms. The van der Waals surface area contributed by atoms with Crippen LogP contribution in [0.1, 0.15) is 39.0 Å². The van der Waals surface area contributed by atoms with Gasteiger partial charge in [-0.2, -0.15) is 0 Å². The van der Waals surface area contributed by atoms with E-state index in [2.05, 4.69) is 27.4 Å². The Balaban J connectivity index is 0.00000242. The molecule has 1 unspecified atom stereocenters. The van der Waals surface area contributed by atoms with Crippen molar-refractivity contribution >= 4 is 29.9 Å². The van der Waals surface area contributed by atoms with Crippen LogP contribution in [0.3, 0.4) is 0 Å². The van der Waals surface area contributed by atoms with E-state index in [4.69, 9.17) is 4.74 Å². The van der Waals surface area contributed by atoms with Crippen LogP contribution in [0.2, 0.25) is 0 Å². The fourth-order valence-corrected chi connectivity index (χ4v) is 2.89. The molecule has 1 aliphatic heterocycles. The summed E-state index contributed by atoms with van der Waals surface area (Å²) in [5, 5.41) is 6.82. The molecule has 1 heterocycles. The molecule has 0 aromatic carbocycles. The molecule has 1 aliphatic carbocycles. The van der Waals surface area contributed by atoms with Crippen molar-refractivity contribution in [2.75, 3.05) is 46.4 Å². The van der Waals surface area contributed by atoms with Crippen LogP contribution >= 0.6 is 24.0 Å². The summed E-state index contributed by atoms with van der Waals surface area (Å²) in [5.41, 5.74) is 0. The quantitative estimate of drug-likeness (QED) is 0.258. The predicted octanol–water partition coefficient (Wildman–Crippen LogP) is 2.07. The third-order valence-electron chi connectivity index (χ3n) is 4.44. The predicted molar refractivity (Wildman–Crippen MR) is 103 cm³/mol. The van der Waals surface area contributed by atoms with E-state index in [1.54, 1.807) is 0 Å². The van der Waals surface area contributed by atoms with Gasteiger partial charge in [0, 0.05) is 39.4 Å². The smallest absolute Gasteiger partial charge is 0.191 e. The second-order valence-electron chi connectivity index (χ2n) is 6.18. The summed E-state index contributed by atoms with van der Waals surface area (Å²) in [6.45, 7) is 8.36. The fraction of sp³-hybridized carbons (Fsp3) is 0.938. The highest BCUT2D eigenvalue weighted by atomic mass is 127. The van der Waals surface area contributed by atoms with Gasteiger partial charge in [-0.05, 0) is 51.1 Å². The number of hydrogen-bond acceptors (Lipinski definition) is 3. The van der Waals surface area contributed by atoms with E-state index in [1.165, 1.54) is 32.2 Å². The van der Waals surface area contributed by atoms with E-state index in [9.17, 15) is 0 Å². The molecule has 0 radical (unpaired) electrons. The second kappa shape index (κ2) is 11.5. The first-order chi connectivity index (χ1) is 10.3. The number of aliphatic imine (C=N–C) groups is 1. The van der Waals surface area contributed by atoms with Gasteiger partial charge in [0.05, 0.1) is 0 Å². The summed E-state index contributed by atoms with van der Waals surface area (Å²) in [5.74, 6) is 1.78. The van der Waals surface area contributed by atoms with E-state index in [0.29, 0.717) is 6.04 Å². The molecule has 0 aromatic rings. The highest BCUT2D eigenvalue weighted by molar-refractivity contribution is 14.0. The number of likely N-dealkylation sites (N-methyl/N-ethyl adjacent to an activating group) is 1. The third kappa shape index (κ3) is 7.46. The topological polar surface area (TPSA) is 48.9 Å². The minimum atomic E-state index is 0. The lowest BCUT2D eigenvalue weighted by molar-refractivity contribution is 0.123. The number of ether oxygens (including phenoxy) is 1. The molecule has 1 saturated heterocycles. The zero-order valence-electron chi connectivity index (χ0n) is 14.1. The highest BCUT2D eigenvalue weighted by Gasteiger charge is 2.22. The molecule has 5 nitrogen and oxygen atoms in total. The van der Waals surface area contributed by atoms with Gasteiger partial charge in [-0.1, -0.05) is 6.92 Å². The molecular formula is C16H33IN4O. The van der Waals surface area contributed by atoms with Crippen LogP contribution < -0.4 is 10.6 Å². The second-order valence-corrected chi connectivity index (χ2v) is 6.18. The largest absolute Gasteiger partial charge is 0.381 e. The monoisotopic (exact) mass is 424 g/mol. The maximum Gasteiger partial charge on any atom is 0.191 e. The maximum absolute atomic E-state index is 5.64. The summed E-state index contributed by atoms with van der Waals surface area (Å²) in [4.78, 5) is 6.84. The van der Waals surface area contributed by atoms with Gasteiger partial charge in [0.1, 0.15) is 0 Å². The summed E-state index contributed by atoms with van der Waals surface area (Å²) < 4.78 is 5.64. The highest BCUT2D eigenvalue weighted by Crippen LogP contribution is 2.28. The van der Waals surface area contributed by atoms with Crippen LogP contribution in [0.15, 0.2) is 4.99 Å². The van der Waals surface area contributed by atoms with E-state index in [-0.39, 0.29) is 24.0 Å². The molecule has 1 saturated carbocycles. The van der Waals surface area contributed by atoms with Crippen molar-refractivity contribution in [2.45, 2.75) is 45.1 Å². The Morgan fingerprint density at radius 3 is 2.77 bits per heavy atom. The summed E-state index contributed by atoms with van der Waals surface area (Å²) in [7, 11) is 1.84. The summed E-state index contributed by atoms with van der Waals surface area (Å²) >= 11 is 0. The van der Waals surface area contributed by atoms with E-state index in [1.807, 2.05) is 7.05 Å². The maximum atomic E-state index is 5.64. The van der Waals surface area contributed by atoms with Crippen molar-refractivity contribution in [1.29, 1.82) is 0 Å². The van der Waals surface area contributed by atoms with Gasteiger partial charge in [0.2, 0.25) is 0 Å². The first-order valence-corrected chi connectivity index (χ1v) is 8.59. The van der Waals surface area contributed by atoms with Gasteiger partial charge < -0.3 is 15.4 Å². The van der Waals surface area contributed by atoms with Crippen molar-refractivity contribution in [3.05, 3.63) is 0 Å². The minimum Gasteiger partial charge on any atom is -0.381 e. The molecule has 2 fully saturated rings. The van der Waals surface area contributed by atoms with E-state index < -0.39 is 0 Å². The number of hydrogen-bond donors (Lipinski definition) is 2. The Kier molecular flexibility index (Phi) is 10.4. The average molecular weight is 424 g/mol. The van der Waals surface area contributed by atoms with Crippen molar-refractivity contribution in [3.63, 3.8) is 0 Å². The van der Waals surface area contributed by atoms with Crippen LogP contribution in [0.5, 0.6) is 0 Å². The Bertz CT molecular complexity index is 323. The molecule has 1 atom stereocenters. The number of nitrogens with one attached hydrogen (secondary N) is 2. The van der Waals surface area contributed by atoms with Gasteiger partial charge >= 0.3 is 0 Å². The first-order valence-electron chi connectivity index (χ1n) is 8.59. The fourth-order valence-electron chi connectivity index (χ4n) is 2.89. The molecule has 0 bridgehead atoms. The zero-order valence-corrected chi connectivity index (χ0v) is 16.5. The molecular weight excluding hydrogens is 391 g/mol. The average Bonchev–Trinajstić information content (AvgIpc) is 3.22. The normalized spacial score (nSPS) is 22.5. The van der Waals surface area contributed by atoms with E-state index >= 15 is 0 Å². The molecule has 6 heteroatoms. The lowest BCUT2D eigenvalue weighted by Crippen LogP contribution is -2.45. The van der Waals surface area contributed by atoms with Crippen LogP contribution in [0.25, 0.3) is 0 Å².